The highest BCUT2D eigenvalue weighted by Crippen LogP contribution is 2.30. The van der Waals surface area contributed by atoms with Gasteiger partial charge in [0.2, 0.25) is 0 Å². The molecule has 2 atom stereocenters. The van der Waals surface area contributed by atoms with Crippen molar-refractivity contribution in [3.63, 3.8) is 0 Å². The quantitative estimate of drug-likeness (QED) is 0.742. The minimum atomic E-state index is 0.360. The maximum Gasteiger partial charge on any atom is 0.0963 e. The van der Waals surface area contributed by atoms with Crippen LogP contribution in [0.2, 0.25) is 0 Å². The maximum absolute atomic E-state index is 9.22. The van der Waals surface area contributed by atoms with Crippen LogP contribution in [0.15, 0.2) is 4.99 Å². The Bertz CT molecular complexity index is 228. The van der Waals surface area contributed by atoms with E-state index in [0.717, 1.165) is 19.5 Å². The number of nitrogens with zero attached hydrogens (tertiary/aromatic N) is 1. The van der Waals surface area contributed by atoms with E-state index in [1.54, 1.807) is 0 Å². The van der Waals surface area contributed by atoms with Gasteiger partial charge >= 0.3 is 0 Å². The number of nitrogens with one attached hydrogen (secondary N) is 1. The third-order valence-corrected chi connectivity index (χ3v) is 3.74. The summed E-state index contributed by atoms with van der Waals surface area (Å²) < 4.78 is 0. The lowest BCUT2D eigenvalue weighted by Crippen LogP contribution is -2.32. The van der Waals surface area contributed by atoms with E-state index < -0.39 is 0 Å². The van der Waals surface area contributed by atoms with Gasteiger partial charge in [0.25, 0.3) is 0 Å². The van der Waals surface area contributed by atoms with Gasteiger partial charge in [-0.2, -0.15) is 0 Å². The Kier molecular flexibility index (Phi) is 4.01. The zero-order valence-corrected chi connectivity index (χ0v) is 9.41. The van der Waals surface area contributed by atoms with Crippen LogP contribution < -0.4 is 5.32 Å². The molecule has 3 heteroatoms. The molecular formula is C12H22N2O. The van der Waals surface area contributed by atoms with Crippen molar-refractivity contribution in [2.75, 3.05) is 19.7 Å². The van der Waals surface area contributed by atoms with Crippen LogP contribution in [0.1, 0.15) is 38.5 Å². The molecule has 0 amide bonds. The van der Waals surface area contributed by atoms with Crippen molar-refractivity contribution in [2.24, 2.45) is 16.8 Å². The van der Waals surface area contributed by atoms with Crippen molar-refractivity contribution in [1.82, 2.24) is 5.32 Å². The molecule has 0 aromatic carbocycles. The van der Waals surface area contributed by atoms with Gasteiger partial charge < -0.3 is 10.4 Å². The van der Waals surface area contributed by atoms with Gasteiger partial charge in [0.15, 0.2) is 0 Å². The summed E-state index contributed by atoms with van der Waals surface area (Å²) in [6.07, 6.45) is 7.40. The van der Waals surface area contributed by atoms with Crippen molar-refractivity contribution in [1.29, 1.82) is 0 Å². The van der Waals surface area contributed by atoms with Gasteiger partial charge in [-0.25, -0.2) is 0 Å². The second-order valence-corrected chi connectivity index (χ2v) is 4.80. The van der Waals surface area contributed by atoms with Crippen LogP contribution in [0.25, 0.3) is 0 Å². The summed E-state index contributed by atoms with van der Waals surface area (Å²) >= 11 is 0. The lowest BCUT2D eigenvalue weighted by atomic mass is 9.97. The van der Waals surface area contributed by atoms with Gasteiger partial charge in [0, 0.05) is 26.1 Å². The zero-order valence-electron chi connectivity index (χ0n) is 9.41. The van der Waals surface area contributed by atoms with E-state index in [9.17, 15) is 5.11 Å². The van der Waals surface area contributed by atoms with Gasteiger partial charge in [-0.15, -0.1) is 0 Å². The molecule has 2 unspecified atom stereocenters. The van der Waals surface area contributed by atoms with Gasteiger partial charge in [-0.3, -0.25) is 4.99 Å². The van der Waals surface area contributed by atoms with E-state index in [1.165, 1.54) is 37.9 Å². The van der Waals surface area contributed by atoms with Gasteiger partial charge in [0.1, 0.15) is 0 Å². The third kappa shape index (κ3) is 2.94. The Morgan fingerprint density at radius 3 is 2.80 bits per heavy atom. The lowest BCUT2D eigenvalue weighted by molar-refractivity contribution is 0.195. The molecule has 1 aliphatic carbocycles. The highest BCUT2D eigenvalue weighted by Gasteiger charge is 2.26. The average molecular weight is 210 g/mol. The first-order chi connectivity index (χ1) is 7.40. The first kappa shape index (κ1) is 10.9. The molecule has 0 bridgehead atoms. The van der Waals surface area contributed by atoms with Crippen LogP contribution in [-0.4, -0.2) is 30.6 Å². The number of aliphatic hydroxyl groups excluding tert-OH is 1. The summed E-state index contributed by atoms with van der Waals surface area (Å²) in [5.74, 6) is 2.39. The molecule has 1 heterocycles. The Morgan fingerprint density at radius 2 is 2.07 bits per heavy atom. The molecule has 15 heavy (non-hydrogen) atoms. The van der Waals surface area contributed by atoms with E-state index in [2.05, 4.69) is 10.3 Å². The molecule has 0 saturated heterocycles. The number of rotatable bonds is 3. The second-order valence-electron chi connectivity index (χ2n) is 4.80. The van der Waals surface area contributed by atoms with Crippen molar-refractivity contribution in [3.05, 3.63) is 0 Å². The largest absolute Gasteiger partial charge is 0.396 e. The van der Waals surface area contributed by atoms with E-state index in [4.69, 9.17) is 0 Å². The van der Waals surface area contributed by atoms with E-state index in [0.29, 0.717) is 18.4 Å². The summed E-state index contributed by atoms with van der Waals surface area (Å²) in [5.41, 5.74) is 0. The van der Waals surface area contributed by atoms with Gasteiger partial charge in [0.05, 0.1) is 5.84 Å². The minimum Gasteiger partial charge on any atom is -0.396 e. The highest BCUT2D eigenvalue weighted by molar-refractivity contribution is 5.82. The molecule has 2 aliphatic rings. The normalized spacial score (nSPS) is 31.4. The molecule has 0 aromatic heterocycles. The van der Waals surface area contributed by atoms with Gasteiger partial charge in [-0.05, 0) is 37.5 Å². The minimum absolute atomic E-state index is 0.360. The maximum atomic E-state index is 9.22. The Balaban J connectivity index is 1.74. The fourth-order valence-corrected chi connectivity index (χ4v) is 2.71. The predicted molar refractivity (Wildman–Crippen MR) is 62.1 cm³/mol. The Labute approximate surface area is 92.0 Å². The first-order valence-electron chi connectivity index (χ1n) is 6.28. The molecule has 2 N–H and O–H groups in total. The molecule has 2 rings (SSSR count). The summed E-state index contributed by atoms with van der Waals surface area (Å²) in [7, 11) is 0. The van der Waals surface area contributed by atoms with Crippen LogP contribution in [-0.2, 0) is 0 Å². The zero-order chi connectivity index (χ0) is 10.5. The van der Waals surface area contributed by atoms with Gasteiger partial charge in [-0.1, -0.05) is 6.42 Å². The smallest absolute Gasteiger partial charge is 0.0963 e. The number of hydrogen-bond donors (Lipinski definition) is 2. The topological polar surface area (TPSA) is 44.6 Å². The summed E-state index contributed by atoms with van der Waals surface area (Å²) in [6, 6.07) is 0. The third-order valence-electron chi connectivity index (χ3n) is 3.74. The standard InChI is InChI=1S/C12H22N2O/c15-9-11-5-3-4-10(11)8-14-12-6-1-2-7-13-12/h10-11,15H,1-9H2,(H,13,14). The van der Waals surface area contributed by atoms with Crippen LogP contribution >= 0.6 is 0 Å². The number of hydrogen-bond acceptors (Lipinski definition) is 3. The molecule has 0 radical (unpaired) electrons. The van der Waals surface area contributed by atoms with E-state index >= 15 is 0 Å². The molecule has 1 saturated carbocycles. The van der Waals surface area contributed by atoms with Crippen LogP contribution in [0.5, 0.6) is 0 Å². The Morgan fingerprint density at radius 1 is 1.20 bits per heavy atom. The number of amidine groups is 1. The SMILES string of the molecule is OCC1CCCC1CNC1=NCCCC1. The fraction of sp³-hybridized carbons (Fsp3) is 0.917. The van der Waals surface area contributed by atoms with Crippen LogP contribution in [0, 0.1) is 11.8 Å². The summed E-state index contributed by atoms with van der Waals surface area (Å²) in [6.45, 7) is 2.37. The second kappa shape index (κ2) is 5.50. The van der Waals surface area contributed by atoms with E-state index in [-0.39, 0.29) is 0 Å². The molecule has 1 fully saturated rings. The molecule has 0 aromatic rings. The predicted octanol–water partition coefficient (Wildman–Crippen LogP) is 1.57. The fourth-order valence-electron chi connectivity index (χ4n) is 2.71. The molecule has 1 aliphatic heterocycles. The van der Waals surface area contributed by atoms with Crippen LogP contribution in [0.3, 0.4) is 0 Å². The molecule has 0 spiro atoms. The highest BCUT2D eigenvalue weighted by atomic mass is 16.3. The molecule has 86 valence electrons. The summed E-state index contributed by atoms with van der Waals surface area (Å²) in [4.78, 5) is 4.48. The number of aliphatic hydroxyl groups is 1. The lowest BCUT2D eigenvalue weighted by Gasteiger charge is -2.20. The Hall–Kier alpha value is -0.570. The van der Waals surface area contributed by atoms with Crippen molar-refractivity contribution >= 4 is 5.84 Å². The molecule has 3 nitrogen and oxygen atoms in total. The van der Waals surface area contributed by atoms with Crippen molar-refractivity contribution in [3.8, 4) is 0 Å². The first-order valence-corrected chi connectivity index (χ1v) is 6.28. The van der Waals surface area contributed by atoms with E-state index in [1.807, 2.05) is 0 Å². The average Bonchev–Trinajstić information content (AvgIpc) is 2.75. The molecular weight excluding hydrogens is 188 g/mol. The number of aliphatic imine (C=N–C) groups is 1. The van der Waals surface area contributed by atoms with Crippen molar-refractivity contribution < 1.29 is 5.11 Å². The van der Waals surface area contributed by atoms with Crippen LogP contribution in [0.4, 0.5) is 0 Å². The van der Waals surface area contributed by atoms with Crippen molar-refractivity contribution in [2.45, 2.75) is 38.5 Å². The monoisotopic (exact) mass is 210 g/mol. The summed E-state index contributed by atoms with van der Waals surface area (Å²) in [5, 5.41) is 12.7.